The highest BCUT2D eigenvalue weighted by Gasteiger charge is 2.17. The van der Waals surface area contributed by atoms with Crippen molar-refractivity contribution in [2.75, 3.05) is 10.0 Å². The molecule has 0 aliphatic rings. The molecule has 1 heterocycles. The third-order valence-electron chi connectivity index (χ3n) is 3.33. The molecule has 2 N–H and O–H groups in total. The number of aryl methyl sites for hydroxylation is 1. The zero-order valence-electron chi connectivity index (χ0n) is 13.3. The number of nitrogens with zero attached hydrogens (tertiary/aromatic N) is 1. The van der Waals surface area contributed by atoms with Crippen molar-refractivity contribution in [3.05, 3.63) is 72.0 Å². The number of amides is 1. The summed E-state index contributed by atoms with van der Waals surface area (Å²) >= 11 is 0. The van der Waals surface area contributed by atoms with Crippen LogP contribution in [0.2, 0.25) is 0 Å². The number of sulfonamides is 1. The average molecular weight is 357 g/mol. The van der Waals surface area contributed by atoms with Crippen LogP contribution in [-0.2, 0) is 10.0 Å². The number of anilines is 2. The van der Waals surface area contributed by atoms with Crippen LogP contribution in [0.15, 0.2) is 70.1 Å². The fourth-order valence-electron chi connectivity index (χ4n) is 2.12. The van der Waals surface area contributed by atoms with Gasteiger partial charge in [-0.25, -0.2) is 8.42 Å². The summed E-state index contributed by atoms with van der Waals surface area (Å²) in [4.78, 5) is 12.2. The van der Waals surface area contributed by atoms with E-state index in [-0.39, 0.29) is 16.6 Å². The molecule has 1 amide bonds. The number of rotatable bonds is 5. The molecule has 0 radical (unpaired) electrons. The largest absolute Gasteiger partial charge is 0.360 e. The first kappa shape index (κ1) is 16.7. The van der Waals surface area contributed by atoms with Crippen molar-refractivity contribution in [2.24, 2.45) is 0 Å². The molecule has 0 aliphatic heterocycles. The van der Waals surface area contributed by atoms with Gasteiger partial charge >= 0.3 is 0 Å². The maximum atomic E-state index is 12.3. The Morgan fingerprint density at radius 1 is 1.04 bits per heavy atom. The maximum absolute atomic E-state index is 12.3. The summed E-state index contributed by atoms with van der Waals surface area (Å²) in [6.07, 6.45) is 0. The Kier molecular flexibility index (Phi) is 4.53. The number of para-hydroxylation sites is 1. The molecule has 0 aliphatic carbocycles. The summed E-state index contributed by atoms with van der Waals surface area (Å²) < 4.78 is 31.7. The molecular formula is C17H15N3O4S. The van der Waals surface area contributed by atoms with E-state index in [2.05, 4.69) is 15.2 Å². The first-order valence-corrected chi connectivity index (χ1v) is 8.85. The lowest BCUT2D eigenvalue weighted by Gasteiger charge is -2.07. The molecule has 128 valence electrons. The van der Waals surface area contributed by atoms with Gasteiger partial charge in [0.05, 0.1) is 4.90 Å². The van der Waals surface area contributed by atoms with Crippen LogP contribution >= 0.6 is 0 Å². The molecule has 25 heavy (non-hydrogen) atoms. The molecule has 0 saturated heterocycles. The summed E-state index contributed by atoms with van der Waals surface area (Å²) in [5.41, 5.74) is 1.01. The zero-order chi connectivity index (χ0) is 17.9. The van der Waals surface area contributed by atoms with Gasteiger partial charge in [0.1, 0.15) is 5.76 Å². The maximum Gasteiger partial charge on any atom is 0.263 e. The lowest BCUT2D eigenvalue weighted by molar-refractivity contribution is 0.102. The molecule has 0 saturated carbocycles. The van der Waals surface area contributed by atoms with Gasteiger partial charge in [-0.3, -0.25) is 9.52 Å². The fraction of sp³-hybridized carbons (Fsp3) is 0.0588. The average Bonchev–Trinajstić information content (AvgIpc) is 3.00. The second-order valence-corrected chi connectivity index (χ2v) is 6.96. The van der Waals surface area contributed by atoms with Crippen LogP contribution in [0, 0.1) is 6.92 Å². The Morgan fingerprint density at radius 2 is 1.72 bits per heavy atom. The molecule has 3 rings (SSSR count). The second kappa shape index (κ2) is 6.78. The van der Waals surface area contributed by atoms with Crippen LogP contribution in [0.1, 0.15) is 16.1 Å². The molecule has 2 aromatic carbocycles. The first-order chi connectivity index (χ1) is 11.9. The minimum Gasteiger partial charge on any atom is -0.360 e. The number of nitrogens with one attached hydrogen (secondary N) is 2. The van der Waals surface area contributed by atoms with E-state index < -0.39 is 10.0 Å². The van der Waals surface area contributed by atoms with Gasteiger partial charge in [0.2, 0.25) is 0 Å². The third kappa shape index (κ3) is 4.04. The first-order valence-electron chi connectivity index (χ1n) is 7.37. The van der Waals surface area contributed by atoms with Gasteiger partial charge in [-0.15, -0.1) is 0 Å². The number of carbonyl (C=O) groups excluding carboxylic acids is 1. The van der Waals surface area contributed by atoms with E-state index in [4.69, 9.17) is 4.52 Å². The van der Waals surface area contributed by atoms with Gasteiger partial charge in [-0.2, -0.15) is 0 Å². The normalized spacial score (nSPS) is 11.1. The van der Waals surface area contributed by atoms with Gasteiger partial charge in [-0.05, 0) is 43.3 Å². The van der Waals surface area contributed by atoms with Gasteiger partial charge in [0, 0.05) is 17.3 Å². The Balaban J connectivity index is 1.74. The summed E-state index contributed by atoms with van der Waals surface area (Å²) in [5.74, 6) is 0.268. The second-order valence-electron chi connectivity index (χ2n) is 5.27. The van der Waals surface area contributed by atoms with Crippen molar-refractivity contribution in [3.63, 3.8) is 0 Å². The lowest BCUT2D eigenvalue weighted by Crippen LogP contribution is -2.15. The minimum atomic E-state index is -3.81. The standard InChI is InChI=1S/C17H15N3O4S/c1-12-11-16(19-24-12)20-25(22,23)15-9-7-13(8-10-15)17(21)18-14-5-3-2-4-6-14/h2-11H,1H3,(H,18,21)(H,19,20). The van der Waals surface area contributed by atoms with E-state index in [0.717, 1.165) is 0 Å². The van der Waals surface area contributed by atoms with E-state index >= 15 is 0 Å². The molecule has 0 fully saturated rings. The van der Waals surface area contributed by atoms with Crippen LogP contribution in [-0.4, -0.2) is 19.5 Å². The van der Waals surface area contributed by atoms with E-state index in [1.165, 1.54) is 30.3 Å². The van der Waals surface area contributed by atoms with Crippen LogP contribution in [0.3, 0.4) is 0 Å². The van der Waals surface area contributed by atoms with Crippen LogP contribution in [0.25, 0.3) is 0 Å². The van der Waals surface area contributed by atoms with Crippen molar-refractivity contribution in [2.45, 2.75) is 11.8 Å². The smallest absolute Gasteiger partial charge is 0.263 e. The number of carbonyl (C=O) groups is 1. The van der Waals surface area contributed by atoms with Crippen molar-refractivity contribution >= 4 is 27.4 Å². The van der Waals surface area contributed by atoms with E-state index in [9.17, 15) is 13.2 Å². The summed E-state index contributed by atoms with van der Waals surface area (Å²) in [6.45, 7) is 1.66. The van der Waals surface area contributed by atoms with Gasteiger partial charge < -0.3 is 9.84 Å². The monoisotopic (exact) mass is 357 g/mol. The number of benzene rings is 2. The molecule has 0 bridgehead atoms. The molecule has 8 heteroatoms. The van der Waals surface area contributed by atoms with Crippen molar-refractivity contribution < 1.29 is 17.7 Å². The van der Waals surface area contributed by atoms with Crippen molar-refractivity contribution in [3.8, 4) is 0 Å². The van der Waals surface area contributed by atoms with E-state index in [0.29, 0.717) is 17.0 Å². The van der Waals surface area contributed by atoms with Gasteiger partial charge in [-0.1, -0.05) is 23.4 Å². The Hall–Kier alpha value is -3.13. The summed E-state index contributed by atoms with van der Waals surface area (Å²) in [6, 6.07) is 16.1. The lowest BCUT2D eigenvalue weighted by atomic mass is 10.2. The molecule has 7 nitrogen and oxygen atoms in total. The molecular weight excluding hydrogens is 342 g/mol. The number of hydrogen-bond acceptors (Lipinski definition) is 5. The number of aromatic nitrogens is 1. The van der Waals surface area contributed by atoms with Crippen LogP contribution in [0.5, 0.6) is 0 Å². The topological polar surface area (TPSA) is 101 Å². The number of hydrogen-bond donors (Lipinski definition) is 2. The Morgan fingerprint density at radius 3 is 2.32 bits per heavy atom. The highest BCUT2D eigenvalue weighted by atomic mass is 32.2. The van der Waals surface area contributed by atoms with Gasteiger partial charge in [0.15, 0.2) is 5.82 Å². The SMILES string of the molecule is Cc1cc(NS(=O)(=O)c2ccc(C(=O)Nc3ccccc3)cc2)no1. The Labute approximate surface area is 144 Å². The third-order valence-corrected chi connectivity index (χ3v) is 4.70. The van der Waals surface area contributed by atoms with Crippen LogP contribution < -0.4 is 10.0 Å². The zero-order valence-corrected chi connectivity index (χ0v) is 14.1. The molecule has 1 aromatic heterocycles. The minimum absolute atomic E-state index is 0.0180. The predicted octanol–water partition coefficient (Wildman–Crippen LogP) is 3.04. The molecule has 0 unspecified atom stereocenters. The van der Waals surface area contributed by atoms with E-state index in [1.54, 1.807) is 19.1 Å². The highest BCUT2D eigenvalue weighted by molar-refractivity contribution is 7.92. The van der Waals surface area contributed by atoms with Gasteiger partial charge in [0.25, 0.3) is 15.9 Å². The molecule has 0 atom stereocenters. The highest BCUT2D eigenvalue weighted by Crippen LogP contribution is 2.17. The fourth-order valence-corrected chi connectivity index (χ4v) is 3.11. The van der Waals surface area contributed by atoms with Crippen LogP contribution in [0.4, 0.5) is 11.5 Å². The molecule has 3 aromatic rings. The predicted molar refractivity (Wildman–Crippen MR) is 92.9 cm³/mol. The van der Waals surface area contributed by atoms with E-state index in [1.807, 2.05) is 18.2 Å². The summed E-state index contributed by atoms with van der Waals surface area (Å²) in [5, 5.41) is 6.32. The Bertz CT molecular complexity index is 980. The van der Waals surface area contributed by atoms with Crippen molar-refractivity contribution in [1.82, 2.24) is 5.16 Å². The molecule has 0 spiro atoms. The van der Waals surface area contributed by atoms with Crippen molar-refractivity contribution in [1.29, 1.82) is 0 Å². The summed E-state index contributed by atoms with van der Waals surface area (Å²) in [7, 11) is -3.81. The quantitative estimate of drug-likeness (QED) is 0.731.